The first-order chi connectivity index (χ1) is 14.0. The zero-order valence-corrected chi connectivity index (χ0v) is 16.8. The highest BCUT2D eigenvalue weighted by atomic mass is 16.2. The third-order valence-corrected chi connectivity index (χ3v) is 4.85. The molecule has 2 aromatic carbocycles. The van der Waals surface area contributed by atoms with Crippen LogP contribution in [0, 0.1) is 11.3 Å². The highest BCUT2D eigenvalue weighted by Crippen LogP contribution is 2.19. The number of hydrogen-bond acceptors (Lipinski definition) is 3. The van der Waals surface area contributed by atoms with E-state index in [1.54, 1.807) is 41.3 Å². The average Bonchev–Trinajstić information content (AvgIpc) is 3.54. The fourth-order valence-corrected chi connectivity index (χ4v) is 2.90. The standard InChI is InChI=1S/C24H25N3O2/c1-17(2)27(16-20-5-3-19(15-25)4-6-20)23(28)14-9-18-7-10-21(11-8-18)24(29)26-22-12-13-22/h3-11,14,17,22H,12-13,16H2,1-2H3,(H,26,29)/b14-9+. The molecule has 0 heterocycles. The molecule has 3 rings (SSSR count). The van der Waals surface area contributed by atoms with Gasteiger partial charge in [0.25, 0.3) is 5.91 Å². The highest BCUT2D eigenvalue weighted by Gasteiger charge is 2.23. The molecule has 1 aliphatic rings. The summed E-state index contributed by atoms with van der Waals surface area (Å²) in [6.07, 6.45) is 5.44. The van der Waals surface area contributed by atoms with Gasteiger partial charge < -0.3 is 10.2 Å². The smallest absolute Gasteiger partial charge is 0.251 e. The lowest BCUT2D eigenvalue weighted by molar-refractivity contribution is -0.128. The average molecular weight is 387 g/mol. The van der Waals surface area contributed by atoms with E-state index in [1.165, 1.54) is 0 Å². The number of rotatable bonds is 7. The third-order valence-electron chi connectivity index (χ3n) is 4.85. The normalized spacial score (nSPS) is 13.3. The molecule has 1 N–H and O–H groups in total. The van der Waals surface area contributed by atoms with Crippen LogP contribution in [0.4, 0.5) is 0 Å². The van der Waals surface area contributed by atoms with E-state index in [1.807, 2.05) is 38.1 Å². The Hall–Kier alpha value is -3.39. The highest BCUT2D eigenvalue weighted by molar-refractivity contribution is 5.95. The fourth-order valence-electron chi connectivity index (χ4n) is 2.90. The molecule has 1 aliphatic carbocycles. The van der Waals surface area contributed by atoms with Crippen molar-refractivity contribution in [3.05, 3.63) is 76.9 Å². The summed E-state index contributed by atoms with van der Waals surface area (Å²) in [6, 6.07) is 17.0. The molecule has 0 aliphatic heterocycles. The van der Waals surface area contributed by atoms with Crippen LogP contribution >= 0.6 is 0 Å². The number of amides is 2. The predicted molar refractivity (Wildman–Crippen MR) is 113 cm³/mol. The second-order valence-corrected chi connectivity index (χ2v) is 7.57. The second kappa shape index (κ2) is 9.20. The maximum Gasteiger partial charge on any atom is 0.251 e. The first-order valence-electron chi connectivity index (χ1n) is 9.85. The summed E-state index contributed by atoms with van der Waals surface area (Å²) in [4.78, 5) is 26.5. The summed E-state index contributed by atoms with van der Waals surface area (Å²) in [5.41, 5.74) is 3.07. The quantitative estimate of drug-likeness (QED) is 0.732. The lowest BCUT2D eigenvalue weighted by Gasteiger charge is -2.25. The minimum absolute atomic E-state index is 0.0382. The molecule has 1 fully saturated rings. The van der Waals surface area contributed by atoms with Crippen LogP contribution in [0.2, 0.25) is 0 Å². The van der Waals surface area contributed by atoms with Crippen LogP contribution in [0.15, 0.2) is 54.6 Å². The number of carbonyl (C=O) groups excluding carboxylic acids is 2. The maximum absolute atomic E-state index is 12.7. The van der Waals surface area contributed by atoms with Crippen LogP contribution in [0.5, 0.6) is 0 Å². The van der Waals surface area contributed by atoms with Crippen molar-refractivity contribution >= 4 is 17.9 Å². The molecule has 1 saturated carbocycles. The van der Waals surface area contributed by atoms with Crippen molar-refractivity contribution in [2.24, 2.45) is 0 Å². The van der Waals surface area contributed by atoms with Crippen molar-refractivity contribution in [1.29, 1.82) is 5.26 Å². The number of benzene rings is 2. The van der Waals surface area contributed by atoms with Gasteiger partial charge in [-0.2, -0.15) is 5.26 Å². The number of nitrogens with zero attached hydrogens (tertiary/aromatic N) is 2. The molecule has 0 unspecified atom stereocenters. The first kappa shape index (κ1) is 20.3. The topological polar surface area (TPSA) is 73.2 Å². The summed E-state index contributed by atoms with van der Waals surface area (Å²) in [7, 11) is 0. The van der Waals surface area contributed by atoms with E-state index < -0.39 is 0 Å². The Morgan fingerprint density at radius 3 is 2.34 bits per heavy atom. The molecule has 0 aromatic heterocycles. The lowest BCUT2D eigenvalue weighted by Crippen LogP contribution is -2.35. The summed E-state index contributed by atoms with van der Waals surface area (Å²) in [5.74, 6) is -0.132. The van der Waals surface area contributed by atoms with E-state index in [0.29, 0.717) is 23.7 Å². The van der Waals surface area contributed by atoms with Crippen molar-refractivity contribution in [2.45, 2.75) is 45.3 Å². The van der Waals surface area contributed by atoms with Gasteiger partial charge in [0.05, 0.1) is 11.6 Å². The third kappa shape index (κ3) is 5.79. The molecule has 5 nitrogen and oxygen atoms in total. The molecule has 0 atom stereocenters. The lowest BCUT2D eigenvalue weighted by atomic mass is 10.1. The maximum atomic E-state index is 12.7. The summed E-state index contributed by atoms with van der Waals surface area (Å²) >= 11 is 0. The van der Waals surface area contributed by atoms with Gasteiger partial charge in [0.15, 0.2) is 0 Å². The fraction of sp³-hybridized carbons (Fsp3) is 0.292. The van der Waals surface area contributed by atoms with Gasteiger partial charge in [-0.25, -0.2) is 0 Å². The van der Waals surface area contributed by atoms with Gasteiger partial charge in [-0.3, -0.25) is 9.59 Å². The molecule has 0 radical (unpaired) electrons. The molecule has 2 aromatic rings. The minimum atomic E-state index is -0.0834. The van der Waals surface area contributed by atoms with E-state index in [4.69, 9.17) is 5.26 Å². The number of nitriles is 1. The van der Waals surface area contributed by atoms with Gasteiger partial charge in [0, 0.05) is 30.3 Å². The summed E-state index contributed by atoms with van der Waals surface area (Å²) < 4.78 is 0. The summed E-state index contributed by atoms with van der Waals surface area (Å²) in [5, 5.41) is 11.9. The zero-order valence-electron chi connectivity index (χ0n) is 16.8. The van der Waals surface area contributed by atoms with Crippen LogP contribution in [0.25, 0.3) is 6.08 Å². The Bertz CT molecular complexity index is 934. The Balaban J connectivity index is 1.63. The van der Waals surface area contributed by atoms with E-state index >= 15 is 0 Å². The van der Waals surface area contributed by atoms with Crippen LogP contribution in [0.3, 0.4) is 0 Å². The van der Waals surface area contributed by atoms with Crippen molar-refractivity contribution < 1.29 is 9.59 Å². The number of hydrogen-bond donors (Lipinski definition) is 1. The van der Waals surface area contributed by atoms with Gasteiger partial charge in [-0.1, -0.05) is 24.3 Å². The molecule has 2 amide bonds. The Morgan fingerprint density at radius 2 is 1.79 bits per heavy atom. The van der Waals surface area contributed by atoms with Crippen molar-refractivity contribution in [3.63, 3.8) is 0 Å². The first-order valence-corrected chi connectivity index (χ1v) is 9.85. The van der Waals surface area contributed by atoms with E-state index in [2.05, 4.69) is 11.4 Å². The van der Waals surface area contributed by atoms with Gasteiger partial charge in [0.1, 0.15) is 0 Å². The second-order valence-electron chi connectivity index (χ2n) is 7.57. The van der Waals surface area contributed by atoms with Crippen LogP contribution in [0.1, 0.15) is 53.7 Å². The molecular formula is C24H25N3O2. The Labute approximate surface area is 171 Å². The molecule has 29 heavy (non-hydrogen) atoms. The van der Waals surface area contributed by atoms with Gasteiger partial charge >= 0.3 is 0 Å². The van der Waals surface area contributed by atoms with Crippen molar-refractivity contribution in [2.75, 3.05) is 0 Å². The largest absolute Gasteiger partial charge is 0.349 e. The zero-order chi connectivity index (χ0) is 20.8. The SMILES string of the molecule is CC(C)N(Cc1ccc(C#N)cc1)C(=O)/C=C/c1ccc(C(=O)NC2CC2)cc1. The molecule has 0 spiro atoms. The monoisotopic (exact) mass is 387 g/mol. The van der Waals surface area contributed by atoms with Gasteiger partial charge in [-0.05, 0) is 68.2 Å². The van der Waals surface area contributed by atoms with Crippen LogP contribution in [-0.2, 0) is 11.3 Å². The molecule has 5 heteroatoms. The van der Waals surface area contributed by atoms with E-state index in [-0.39, 0.29) is 17.9 Å². The predicted octanol–water partition coefficient (Wildman–Crippen LogP) is 3.90. The van der Waals surface area contributed by atoms with E-state index in [9.17, 15) is 9.59 Å². The summed E-state index contributed by atoms with van der Waals surface area (Å²) in [6.45, 7) is 4.43. The molecule has 0 bridgehead atoms. The molecule has 0 saturated heterocycles. The van der Waals surface area contributed by atoms with Crippen LogP contribution < -0.4 is 5.32 Å². The van der Waals surface area contributed by atoms with Gasteiger partial charge in [-0.15, -0.1) is 0 Å². The number of carbonyl (C=O) groups is 2. The molecule has 148 valence electrons. The van der Waals surface area contributed by atoms with Crippen molar-refractivity contribution in [1.82, 2.24) is 10.2 Å². The van der Waals surface area contributed by atoms with Crippen molar-refractivity contribution in [3.8, 4) is 6.07 Å². The Kier molecular flexibility index (Phi) is 6.46. The molecular weight excluding hydrogens is 362 g/mol. The van der Waals surface area contributed by atoms with Crippen LogP contribution in [-0.4, -0.2) is 28.8 Å². The van der Waals surface area contributed by atoms with E-state index in [0.717, 1.165) is 24.0 Å². The Morgan fingerprint density at radius 1 is 1.14 bits per heavy atom. The minimum Gasteiger partial charge on any atom is -0.349 e. The van der Waals surface area contributed by atoms with Gasteiger partial charge in [0.2, 0.25) is 5.91 Å². The number of nitrogens with one attached hydrogen (secondary N) is 1.